The van der Waals surface area contributed by atoms with Gasteiger partial charge in [-0.05, 0) is 26.0 Å². The van der Waals surface area contributed by atoms with Crippen molar-refractivity contribution in [1.29, 1.82) is 0 Å². The van der Waals surface area contributed by atoms with Gasteiger partial charge in [0.05, 0.1) is 0 Å². The van der Waals surface area contributed by atoms with Crippen molar-refractivity contribution < 1.29 is 5.11 Å². The van der Waals surface area contributed by atoms with Crippen LogP contribution in [0.2, 0.25) is 0 Å². The minimum absolute atomic E-state index is 0.783. The van der Waals surface area contributed by atoms with Gasteiger partial charge in [0.1, 0.15) is 5.60 Å². The second-order valence-electron chi connectivity index (χ2n) is 3.13. The predicted octanol–water partition coefficient (Wildman–Crippen LogP) is 3.88. The zero-order valence-corrected chi connectivity index (χ0v) is 10.1. The van der Waals surface area contributed by atoms with Gasteiger partial charge in [-0.25, -0.2) is 5.11 Å². The average molecular weight is 293 g/mol. The quantitative estimate of drug-likeness (QED) is 0.749. The maximum atomic E-state index is 11.6. The minimum atomic E-state index is -1.04. The van der Waals surface area contributed by atoms with E-state index in [0.717, 1.165) is 14.5 Å². The third-order valence-corrected chi connectivity index (χ3v) is 2.73. The highest BCUT2D eigenvalue weighted by molar-refractivity contribution is 9.11. The monoisotopic (exact) mass is 291 g/mol. The lowest BCUT2D eigenvalue weighted by Crippen LogP contribution is -2.13. The van der Waals surface area contributed by atoms with Gasteiger partial charge in [0.15, 0.2) is 0 Å². The van der Waals surface area contributed by atoms with Crippen LogP contribution >= 0.6 is 31.9 Å². The Morgan fingerprint density at radius 3 is 2.25 bits per heavy atom. The van der Waals surface area contributed by atoms with Crippen molar-refractivity contribution in [2.24, 2.45) is 0 Å². The van der Waals surface area contributed by atoms with E-state index in [0.29, 0.717) is 0 Å². The SMILES string of the molecule is CC(C)([O])c1ccc(Br)cc1Br. The molecule has 1 aromatic rings. The zero-order chi connectivity index (χ0) is 9.35. The first-order valence-corrected chi connectivity index (χ1v) is 5.16. The third-order valence-electron chi connectivity index (χ3n) is 1.58. The number of hydrogen-bond donors (Lipinski definition) is 0. The minimum Gasteiger partial charge on any atom is -0.225 e. The number of halogens is 2. The molecular formula is C9H9Br2O. The summed E-state index contributed by atoms with van der Waals surface area (Å²) in [4.78, 5) is 0. The van der Waals surface area contributed by atoms with Crippen LogP contribution in [0.4, 0.5) is 0 Å². The Labute approximate surface area is 89.1 Å². The lowest BCUT2D eigenvalue weighted by atomic mass is 9.99. The number of benzene rings is 1. The van der Waals surface area contributed by atoms with Crippen molar-refractivity contribution in [2.75, 3.05) is 0 Å². The Morgan fingerprint density at radius 1 is 1.25 bits per heavy atom. The highest BCUT2D eigenvalue weighted by Crippen LogP contribution is 2.30. The van der Waals surface area contributed by atoms with Crippen molar-refractivity contribution in [1.82, 2.24) is 0 Å². The number of hydrogen-bond acceptors (Lipinski definition) is 0. The molecule has 0 saturated heterocycles. The largest absolute Gasteiger partial charge is 0.225 e. The molecule has 1 aromatic carbocycles. The van der Waals surface area contributed by atoms with E-state index in [1.807, 2.05) is 18.2 Å². The lowest BCUT2D eigenvalue weighted by molar-refractivity contribution is -0.000733. The predicted molar refractivity (Wildman–Crippen MR) is 55.6 cm³/mol. The van der Waals surface area contributed by atoms with Gasteiger partial charge in [0, 0.05) is 14.5 Å². The smallest absolute Gasteiger partial charge is 0.124 e. The van der Waals surface area contributed by atoms with Crippen molar-refractivity contribution in [3.05, 3.63) is 32.7 Å². The van der Waals surface area contributed by atoms with E-state index in [4.69, 9.17) is 0 Å². The summed E-state index contributed by atoms with van der Waals surface area (Å²) in [6.45, 7) is 3.31. The Hall–Kier alpha value is 0.140. The van der Waals surface area contributed by atoms with Gasteiger partial charge in [0.2, 0.25) is 0 Å². The van der Waals surface area contributed by atoms with Crippen molar-refractivity contribution in [3.8, 4) is 0 Å². The Kier molecular flexibility index (Phi) is 2.97. The molecule has 1 rings (SSSR count). The molecule has 0 atom stereocenters. The van der Waals surface area contributed by atoms with Gasteiger partial charge in [-0.15, -0.1) is 0 Å². The first kappa shape index (κ1) is 10.2. The molecule has 0 N–H and O–H groups in total. The molecule has 1 radical (unpaired) electrons. The van der Waals surface area contributed by atoms with E-state index in [9.17, 15) is 5.11 Å². The fraction of sp³-hybridized carbons (Fsp3) is 0.333. The summed E-state index contributed by atoms with van der Waals surface area (Å²) in [5, 5.41) is 11.6. The van der Waals surface area contributed by atoms with E-state index in [1.165, 1.54) is 0 Å². The highest BCUT2D eigenvalue weighted by Gasteiger charge is 2.20. The van der Waals surface area contributed by atoms with E-state index in [-0.39, 0.29) is 0 Å². The molecule has 3 heteroatoms. The van der Waals surface area contributed by atoms with Crippen LogP contribution in [0.3, 0.4) is 0 Å². The Bertz CT molecular complexity index is 289. The first-order valence-electron chi connectivity index (χ1n) is 3.57. The summed E-state index contributed by atoms with van der Waals surface area (Å²) in [6, 6.07) is 5.59. The van der Waals surface area contributed by atoms with Crippen molar-refractivity contribution in [2.45, 2.75) is 19.4 Å². The molecular weight excluding hydrogens is 284 g/mol. The van der Waals surface area contributed by atoms with E-state index in [2.05, 4.69) is 31.9 Å². The van der Waals surface area contributed by atoms with Crippen LogP contribution in [0.25, 0.3) is 0 Å². The Morgan fingerprint density at radius 2 is 1.83 bits per heavy atom. The fourth-order valence-electron chi connectivity index (χ4n) is 0.978. The highest BCUT2D eigenvalue weighted by atomic mass is 79.9. The molecule has 0 heterocycles. The molecule has 0 aliphatic carbocycles. The molecule has 0 saturated carbocycles. The summed E-state index contributed by atoms with van der Waals surface area (Å²) >= 11 is 6.68. The molecule has 0 fully saturated rings. The first-order chi connectivity index (χ1) is 5.41. The molecule has 0 aromatic heterocycles. The van der Waals surface area contributed by atoms with Crippen LogP contribution in [0.5, 0.6) is 0 Å². The molecule has 1 nitrogen and oxygen atoms in total. The summed E-state index contributed by atoms with van der Waals surface area (Å²) in [7, 11) is 0. The van der Waals surface area contributed by atoms with Gasteiger partial charge >= 0.3 is 0 Å². The second-order valence-corrected chi connectivity index (χ2v) is 4.90. The molecule has 0 aliphatic rings. The number of rotatable bonds is 1. The second kappa shape index (κ2) is 3.48. The molecule has 0 bridgehead atoms. The van der Waals surface area contributed by atoms with Gasteiger partial charge in [-0.1, -0.05) is 37.9 Å². The van der Waals surface area contributed by atoms with Crippen molar-refractivity contribution in [3.63, 3.8) is 0 Å². The summed E-state index contributed by atoms with van der Waals surface area (Å²) in [5.74, 6) is 0. The van der Waals surface area contributed by atoms with E-state index in [1.54, 1.807) is 13.8 Å². The maximum Gasteiger partial charge on any atom is 0.124 e. The standard InChI is InChI=1S/C9H9Br2O/c1-9(2,12)7-4-3-6(10)5-8(7)11/h3-5H,1-2H3. The molecule has 65 valence electrons. The molecule has 12 heavy (non-hydrogen) atoms. The van der Waals surface area contributed by atoms with Crippen LogP contribution in [0.1, 0.15) is 19.4 Å². The van der Waals surface area contributed by atoms with Gasteiger partial charge in [0.25, 0.3) is 0 Å². The molecule has 0 unspecified atom stereocenters. The van der Waals surface area contributed by atoms with Gasteiger partial charge < -0.3 is 0 Å². The van der Waals surface area contributed by atoms with E-state index < -0.39 is 5.60 Å². The average Bonchev–Trinajstić information content (AvgIpc) is 1.83. The summed E-state index contributed by atoms with van der Waals surface area (Å²) in [5.41, 5.74) is -0.259. The lowest BCUT2D eigenvalue weighted by Gasteiger charge is -2.16. The van der Waals surface area contributed by atoms with E-state index >= 15 is 0 Å². The van der Waals surface area contributed by atoms with Crippen molar-refractivity contribution >= 4 is 31.9 Å². The molecule has 0 spiro atoms. The van der Waals surface area contributed by atoms with Crippen LogP contribution in [0, 0.1) is 0 Å². The molecule has 0 aliphatic heterocycles. The van der Waals surface area contributed by atoms with Gasteiger partial charge in [-0.3, -0.25) is 0 Å². The van der Waals surface area contributed by atoms with Gasteiger partial charge in [-0.2, -0.15) is 0 Å². The normalized spacial score (nSPS) is 11.8. The third kappa shape index (κ3) is 2.31. The summed E-state index contributed by atoms with van der Waals surface area (Å²) < 4.78 is 1.83. The maximum absolute atomic E-state index is 11.6. The molecule has 0 amide bonds. The van der Waals surface area contributed by atoms with Crippen LogP contribution in [-0.4, -0.2) is 0 Å². The Balaban J connectivity index is 3.19. The topological polar surface area (TPSA) is 19.9 Å². The zero-order valence-electron chi connectivity index (χ0n) is 6.90. The van der Waals surface area contributed by atoms with Crippen LogP contribution < -0.4 is 0 Å². The fourth-order valence-corrected chi connectivity index (χ4v) is 2.50. The summed E-state index contributed by atoms with van der Waals surface area (Å²) in [6.07, 6.45) is 0. The van der Waals surface area contributed by atoms with Crippen LogP contribution in [0.15, 0.2) is 27.1 Å². The van der Waals surface area contributed by atoms with Crippen LogP contribution in [-0.2, 0) is 10.7 Å².